The summed E-state index contributed by atoms with van der Waals surface area (Å²) in [7, 11) is 3.65. The van der Waals surface area contributed by atoms with Crippen molar-refractivity contribution in [3.8, 4) is 5.75 Å². The number of halogens is 1. The van der Waals surface area contributed by atoms with E-state index in [-0.39, 0.29) is 0 Å². The summed E-state index contributed by atoms with van der Waals surface area (Å²) < 4.78 is 7.15. The van der Waals surface area contributed by atoms with E-state index in [1.165, 1.54) is 5.69 Å². The highest BCUT2D eigenvalue weighted by atomic mass is 35.5. The topological polar surface area (TPSA) is 33.5 Å². The van der Waals surface area contributed by atoms with Crippen LogP contribution < -0.4 is 9.64 Å². The molecule has 0 N–H and O–H groups in total. The lowest BCUT2D eigenvalue weighted by atomic mass is 10.2. The van der Waals surface area contributed by atoms with E-state index in [0.29, 0.717) is 5.15 Å². The van der Waals surface area contributed by atoms with Crippen LogP contribution in [0.4, 0.5) is 5.69 Å². The Morgan fingerprint density at radius 2 is 1.82 bits per heavy atom. The third kappa shape index (κ3) is 3.20. The first kappa shape index (κ1) is 15.2. The van der Waals surface area contributed by atoms with E-state index >= 15 is 0 Å². The van der Waals surface area contributed by atoms with Gasteiger partial charge in [-0.25, -0.2) is 4.98 Å². The van der Waals surface area contributed by atoms with Gasteiger partial charge in [0.2, 0.25) is 0 Å². The molecule has 3 rings (SSSR count). The van der Waals surface area contributed by atoms with E-state index in [4.69, 9.17) is 16.3 Å². The summed E-state index contributed by atoms with van der Waals surface area (Å²) in [5.74, 6) is 1.91. The van der Waals surface area contributed by atoms with Gasteiger partial charge in [-0.3, -0.25) is 4.90 Å². The van der Waals surface area contributed by atoms with Crippen LogP contribution in [-0.4, -0.2) is 47.7 Å². The quantitative estimate of drug-likeness (QED) is 0.866. The molecule has 118 valence electrons. The van der Waals surface area contributed by atoms with Crippen LogP contribution >= 0.6 is 11.6 Å². The second kappa shape index (κ2) is 6.58. The van der Waals surface area contributed by atoms with E-state index in [1.54, 1.807) is 13.3 Å². The Labute approximate surface area is 136 Å². The van der Waals surface area contributed by atoms with Gasteiger partial charge in [0.25, 0.3) is 0 Å². The van der Waals surface area contributed by atoms with Gasteiger partial charge in [0.15, 0.2) is 0 Å². The fraction of sp³-hybridized carbons (Fsp3) is 0.438. The molecule has 0 bridgehead atoms. The van der Waals surface area contributed by atoms with Crippen LogP contribution in [0, 0.1) is 0 Å². The molecule has 6 heteroatoms. The number of hydrogen-bond donors (Lipinski definition) is 0. The zero-order valence-corrected chi connectivity index (χ0v) is 13.8. The summed E-state index contributed by atoms with van der Waals surface area (Å²) in [6.45, 7) is 4.93. The van der Waals surface area contributed by atoms with Crippen LogP contribution in [0.2, 0.25) is 5.15 Å². The third-order valence-electron chi connectivity index (χ3n) is 4.20. The summed E-state index contributed by atoms with van der Waals surface area (Å²) in [5.41, 5.74) is 1.25. The van der Waals surface area contributed by atoms with Crippen molar-refractivity contribution in [1.82, 2.24) is 14.5 Å². The summed E-state index contributed by atoms with van der Waals surface area (Å²) >= 11 is 6.04. The predicted octanol–water partition coefficient (Wildman–Crippen LogP) is 2.40. The number of imidazole rings is 1. The summed E-state index contributed by atoms with van der Waals surface area (Å²) in [6.07, 6.45) is 1.71. The molecule has 0 aliphatic carbocycles. The largest absolute Gasteiger partial charge is 0.497 e. The molecule has 1 aliphatic heterocycles. The predicted molar refractivity (Wildman–Crippen MR) is 88.7 cm³/mol. The van der Waals surface area contributed by atoms with Crippen molar-refractivity contribution in [2.75, 3.05) is 38.2 Å². The van der Waals surface area contributed by atoms with E-state index in [9.17, 15) is 0 Å². The number of anilines is 1. The second-order valence-corrected chi connectivity index (χ2v) is 5.90. The van der Waals surface area contributed by atoms with E-state index < -0.39 is 0 Å². The van der Waals surface area contributed by atoms with Gasteiger partial charge in [0.1, 0.15) is 16.7 Å². The van der Waals surface area contributed by atoms with E-state index in [1.807, 2.05) is 23.7 Å². The maximum Gasteiger partial charge on any atom is 0.128 e. The molecule has 0 spiro atoms. The van der Waals surface area contributed by atoms with E-state index in [2.05, 4.69) is 26.9 Å². The lowest BCUT2D eigenvalue weighted by molar-refractivity contribution is 0.242. The molecule has 1 aromatic heterocycles. The number of methoxy groups -OCH3 is 1. The highest BCUT2D eigenvalue weighted by Crippen LogP contribution is 2.21. The number of benzene rings is 1. The van der Waals surface area contributed by atoms with Crippen molar-refractivity contribution in [1.29, 1.82) is 0 Å². The van der Waals surface area contributed by atoms with Crippen LogP contribution in [0.15, 0.2) is 30.5 Å². The summed E-state index contributed by atoms with van der Waals surface area (Å²) in [4.78, 5) is 9.19. The van der Waals surface area contributed by atoms with E-state index in [0.717, 1.165) is 44.3 Å². The number of piperazine rings is 1. The van der Waals surface area contributed by atoms with Crippen LogP contribution in [0.25, 0.3) is 0 Å². The smallest absolute Gasteiger partial charge is 0.128 e. The fourth-order valence-corrected chi connectivity index (χ4v) is 2.87. The first-order chi connectivity index (χ1) is 10.7. The summed E-state index contributed by atoms with van der Waals surface area (Å²) in [6, 6.07) is 8.26. The Hall–Kier alpha value is -1.72. The monoisotopic (exact) mass is 320 g/mol. The number of aromatic nitrogens is 2. The molecule has 5 nitrogen and oxygen atoms in total. The van der Waals surface area contributed by atoms with Crippen LogP contribution in [-0.2, 0) is 13.6 Å². The highest BCUT2D eigenvalue weighted by Gasteiger charge is 2.19. The average Bonchev–Trinajstić information content (AvgIpc) is 2.88. The zero-order valence-electron chi connectivity index (χ0n) is 13.0. The number of nitrogens with zero attached hydrogens (tertiary/aromatic N) is 4. The molecule has 1 saturated heterocycles. The molecular formula is C16H21ClN4O. The Kier molecular flexibility index (Phi) is 4.55. The normalized spacial score (nSPS) is 16.0. The van der Waals surface area contributed by atoms with Gasteiger partial charge in [0.05, 0.1) is 19.9 Å². The minimum atomic E-state index is 0.687. The minimum absolute atomic E-state index is 0.687. The van der Waals surface area contributed by atoms with Crippen LogP contribution in [0.3, 0.4) is 0 Å². The van der Waals surface area contributed by atoms with Gasteiger partial charge in [-0.05, 0) is 24.3 Å². The van der Waals surface area contributed by atoms with Gasteiger partial charge >= 0.3 is 0 Å². The highest BCUT2D eigenvalue weighted by molar-refractivity contribution is 6.29. The Balaban J connectivity index is 1.56. The Bertz CT molecular complexity index is 618. The molecule has 1 aliphatic rings. The molecule has 22 heavy (non-hydrogen) atoms. The van der Waals surface area contributed by atoms with Gasteiger partial charge in [-0.1, -0.05) is 11.6 Å². The first-order valence-electron chi connectivity index (χ1n) is 7.45. The van der Waals surface area contributed by atoms with Crippen molar-refractivity contribution < 1.29 is 4.74 Å². The number of rotatable bonds is 4. The zero-order chi connectivity index (χ0) is 15.5. The van der Waals surface area contributed by atoms with Gasteiger partial charge < -0.3 is 14.2 Å². The lowest BCUT2D eigenvalue weighted by Crippen LogP contribution is -2.46. The van der Waals surface area contributed by atoms with Crippen LogP contribution in [0.5, 0.6) is 5.75 Å². The number of hydrogen-bond acceptors (Lipinski definition) is 4. The van der Waals surface area contributed by atoms with Gasteiger partial charge in [-0.15, -0.1) is 0 Å². The molecule has 0 amide bonds. The molecule has 2 aromatic rings. The van der Waals surface area contributed by atoms with Crippen LogP contribution in [0.1, 0.15) is 5.82 Å². The van der Waals surface area contributed by atoms with Gasteiger partial charge in [0, 0.05) is 38.9 Å². The standard InChI is InChI=1S/C16H21ClN4O/c1-19-15(17)11-18-16(19)12-20-7-9-21(10-8-20)13-3-5-14(22-2)6-4-13/h3-6,11H,7-10,12H2,1-2H3. The maximum atomic E-state index is 6.04. The van der Waals surface area contributed by atoms with Crippen molar-refractivity contribution in [3.05, 3.63) is 41.4 Å². The molecule has 0 unspecified atom stereocenters. The fourth-order valence-electron chi connectivity index (χ4n) is 2.73. The van der Waals surface area contributed by atoms with Crippen molar-refractivity contribution in [2.24, 2.45) is 7.05 Å². The molecule has 0 atom stereocenters. The molecule has 1 fully saturated rings. The molecule has 0 radical (unpaired) electrons. The Morgan fingerprint density at radius 1 is 1.14 bits per heavy atom. The number of ether oxygens (including phenoxy) is 1. The SMILES string of the molecule is COc1ccc(N2CCN(Cc3ncc(Cl)n3C)CC2)cc1. The lowest BCUT2D eigenvalue weighted by Gasteiger charge is -2.35. The molecule has 1 aromatic carbocycles. The maximum absolute atomic E-state index is 6.04. The van der Waals surface area contributed by atoms with Gasteiger partial charge in [-0.2, -0.15) is 0 Å². The minimum Gasteiger partial charge on any atom is -0.497 e. The average molecular weight is 321 g/mol. The first-order valence-corrected chi connectivity index (χ1v) is 7.82. The Morgan fingerprint density at radius 3 is 2.36 bits per heavy atom. The van der Waals surface area contributed by atoms with Crippen molar-refractivity contribution in [3.63, 3.8) is 0 Å². The summed E-state index contributed by atoms with van der Waals surface area (Å²) in [5, 5.41) is 0.687. The third-order valence-corrected chi connectivity index (χ3v) is 4.55. The molecule has 0 saturated carbocycles. The van der Waals surface area contributed by atoms with Crippen molar-refractivity contribution in [2.45, 2.75) is 6.54 Å². The van der Waals surface area contributed by atoms with Crippen molar-refractivity contribution >= 4 is 17.3 Å². The molecular weight excluding hydrogens is 300 g/mol. The molecule has 2 heterocycles. The second-order valence-electron chi connectivity index (χ2n) is 5.52.